The van der Waals surface area contributed by atoms with Gasteiger partial charge in [0, 0.05) is 16.3 Å². The van der Waals surface area contributed by atoms with Gasteiger partial charge in [-0.3, -0.25) is 0 Å². The van der Waals surface area contributed by atoms with E-state index in [9.17, 15) is 12.8 Å². The molecule has 1 atom stereocenters. The minimum absolute atomic E-state index is 0.0793. The molecule has 0 aliphatic carbocycles. The molecule has 0 unspecified atom stereocenters. The molecule has 0 saturated carbocycles. The maximum atomic E-state index is 14.9. The zero-order chi connectivity index (χ0) is 23.9. The van der Waals surface area contributed by atoms with Crippen LogP contribution in [0.25, 0.3) is 5.70 Å². The van der Waals surface area contributed by atoms with Crippen LogP contribution in [-0.2, 0) is 10.0 Å². The van der Waals surface area contributed by atoms with Gasteiger partial charge < -0.3 is 5.32 Å². The van der Waals surface area contributed by atoms with Gasteiger partial charge in [-0.15, -0.1) is 5.10 Å². The molecular formula is C24H19ClFN5O2S. The third-order valence-corrected chi connectivity index (χ3v) is 7.08. The Morgan fingerprint density at radius 2 is 1.76 bits per heavy atom. The number of hydrogen-bond acceptors (Lipinski definition) is 5. The Labute approximate surface area is 201 Å². The first-order valence-electron chi connectivity index (χ1n) is 10.4. The Morgan fingerprint density at radius 3 is 2.47 bits per heavy atom. The fraction of sp³-hybridized carbons (Fsp3) is 0.0833. The summed E-state index contributed by atoms with van der Waals surface area (Å²) in [5, 5.41) is 7.71. The summed E-state index contributed by atoms with van der Waals surface area (Å²) < 4.78 is 44.4. The Kier molecular flexibility index (Phi) is 5.59. The number of aromatic nitrogens is 3. The SMILES string of the molecule is Cc1ccc(S(=O)(=O)Nc2nc3n(n2)[C@@H](c2c(F)cccc2Cl)C=C(c2ccccc2)N3)cc1. The number of rotatable bonds is 5. The van der Waals surface area contributed by atoms with E-state index in [4.69, 9.17) is 11.6 Å². The smallest absolute Gasteiger partial charge is 0.264 e. The van der Waals surface area contributed by atoms with E-state index in [1.54, 1.807) is 24.3 Å². The van der Waals surface area contributed by atoms with Crippen molar-refractivity contribution >= 4 is 39.2 Å². The molecule has 5 rings (SSSR count). The number of anilines is 2. The molecule has 7 nitrogen and oxygen atoms in total. The van der Waals surface area contributed by atoms with Gasteiger partial charge in [-0.2, -0.15) is 4.98 Å². The van der Waals surface area contributed by atoms with Crippen LogP contribution in [0, 0.1) is 12.7 Å². The third kappa shape index (κ3) is 4.15. The topological polar surface area (TPSA) is 88.9 Å². The molecule has 1 aliphatic heterocycles. The molecule has 172 valence electrons. The van der Waals surface area contributed by atoms with E-state index < -0.39 is 21.9 Å². The van der Waals surface area contributed by atoms with Gasteiger partial charge in [0.2, 0.25) is 5.95 Å². The highest BCUT2D eigenvalue weighted by Gasteiger charge is 2.30. The Bertz CT molecular complexity index is 1480. The molecule has 0 saturated heterocycles. The lowest BCUT2D eigenvalue weighted by atomic mass is 10.0. The van der Waals surface area contributed by atoms with E-state index >= 15 is 0 Å². The van der Waals surface area contributed by atoms with Crippen molar-refractivity contribution in [2.75, 3.05) is 10.0 Å². The molecule has 1 aliphatic rings. The first-order valence-corrected chi connectivity index (χ1v) is 12.2. The predicted molar refractivity (Wildman–Crippen MR) is 130 cm³/mol. The lowest BCUT2D eigenvalue weighted by Crippen LogP contribution is -2.21. The first-order chi connectivity index (χ1) is 16.3. The van der Waals surface area contributed by atoms with Crippen LogP contribution in [0.3, 0.4) is 0 Å². The molecule has 0 amide bonds. The molecule has 34 heavy (non-hydrogen) atoms. The van der Waals surface area contributed by atoms with E-state index in [1.165, 1.54) is 28.9 Å². The predicted octanol–water partition coefficient (Wildman–Crippen LogP) is 5.24. The lowest BCUT2D eigenvalue weighted by Gasteiger charge is -2.25. The highest BCUT2D eigenvalue weighted by molar-refractivity contribution is 7.92. The van der Waals surface area contributed by atoms with Gasteiger partial charge in [0.15, 0.2) is 0 Å². The Morgan fingerprint density at radius 1 is 1.03 bits per heavy atom. The number of hydrogen-bond donors (Lipinski definition) is 2. The van der Waals surface area contributed by atoms with Crippen molar-refractivity contribution in [1.29, 1.82) is 0 Å². The molecule has 4 aromatic rings. The third-order valence-electron chi connectivity index (χ3n) is 5.40. The van der Waals surface area contributed by atoms with Gasteiger partial charge in [0.1, 0.15) is 11.9 Å². The quantitative estimate of drug-likeness (QED) is 0.395. The van der Waals surface area contributed by atoms with E-state index in [-0.39, 0.29) is 27.4 Å². The van der Waals surface area contributed by atoms with Crippen LogP contribution in [0.2, 0.25) is 5.02 Å². The van der Waals surface area contributed by atoms with Gasteiger partial charge in [-0.05, 0) is 42.8 Å². The summed E-state index contributed by atoms with van der Waals surface area (Å²) in [6, 6.07) is 19.5. The molecule has 10 heteroatoms. The summed E-state index contributed by atoms with van der Waals surface area (Å²) in [4.78, 5) is 4.41. The van der Waals surface area contributed by atoms with Crippen LogP contribution in [0.1, 0.15) is 22.7 Å². The molecule has 0 radical (unpaired) electrons. The van der Waals surface area contributed by atoms with Crippen molar-refractivity contribution in [2.24, 2.45) is 0 Å². The molecule has 3 aromatic carbocycles. The average molecular weight is 496 g/mol. The minimum Gasteiger partial charge on any atom is -0.324 e. The van der Waals surface area contributed by atoms with Crippen molar-refractivity contribution in [1.82, 2.24) is 14.8 Å². The summed E-state index contributed by atoms with van der Waals surface area (Å²) in [5.41, 5.74) is 2.65. The number of nitrogens with zero attached hydrogens (tertiary/aromatic N) is 3. The largest absolute Gasteiger partial charge is 0.324 e. The van der Waals surface area contributed by atoms with Crippen LogP contribution in [0.4, 0.5) is 16.3 Å². The maximum Gasteiger partial charge on any atom is 0.264 e. The van der Waals surface area contributed by atoms with E-state index in [1.807, 2.05) is 37.3 Å². The highest BCUT2D eigenvalue weighted by Crippen LogP contribution is 2.37. The van der Waals surface area contributed by atoms with Gasteiger partial charge in [0.05, 0.1) is 4.90 Å². The molecule has 0 spiro atoms. The van der Waals surface area contributed by atoms with Crippen molar-refractivity contribution in [2.45, 2.75) is 17.9 Å². The average Bonchev–Trinajstić information content (AvgIpc) is 3.21. The molecule has 2 heterocycles. The second-order valence-electron chi connectivity index (χ2n) is 7.77. The van der Waals surface area contributed by atoms with E-state index in [2.05, 4.69) is 20.1 Å². The van der Waals surface area contributed by atoms with Gasteiger partial charge in [0.25, 0.3) is 16.0 Å². The number of benzene rings is 3. The maximum absolute atomic E-state index is 14.9. The summed E-state index contributed by atoms with van der Waals surface area (Å²) in [5.74, 6) is -0.415. The second kappa shape index (κ2) is 8.58. The Balaban J connectivity index is 1.58. The van der Waals surface area contributed by atoms with Crippen molar-refractivity contribution in [3.63, 3.8) is 0 Å². The number of sulfonamides is 1. The monoisotopic (exact) mass is 495 g/mol. The zero-order valence-corrected chi connectivity index (χ0v) is 19.5. The summed E-state index contributed by atoms with van der Waals surface area (Å²) in [7, 11) is -3.93. The number of fused-ring (bicyclic) bond motifs is 1. The highest BCUT2D eigenvalue weighted by atomic mass is 35.5. The van der Waals surface area contributed by atoms with Crippen LogP contribution < -0.4 is 10.0 Å². The molecule has 0 bridgehead atoms. The fourth-order valence-corrected chi connectivity index (χ4v) is 4.93. The second-order valence-corrected chi connectivity index (χ2v) is 9.86. The van der Waals surface area contributed by atoms with E-state index in [0.29, 0.717) is 5.70 Å². The zero-order valence-electron chi connectivity index (χ0n) is 17.9. The van der Waals surface area contributed by atoms with Crippen molar-refractivity contribution in [3.05, 3.63) is 106 Å². The van der Waals surface area contributed by atoms with Gasteiger partial charge in [-0.1, -0.05) is 65.7 Å². The number of allylic oxidation sites excluding steroid dienone is 1. The van der Waals surface area contributed by atoms with Crippen LogP contribution in [-0.4, -0.2) is 23.2 Å². The lowest BCUT2D eigenvalue weighted by molar-refractivity contribution is 0.552. The summed E-state index contributed by atoms with van der Waals surface area (Å²) in [6.07, 6.45) is 1.78. The van der Waals surface area contributed by atoms with Crippen molar-refractivity contribution in [3.8, 4) is 0 Å². The van der Waals surface area contributed by atoms with Crippen molar-refractivity contribution < 1.29 is 12.8 Å². The number of nitrogens with one attached hydrogen (secondary N) is 2. The number of halogens is 2. The summed E-state index contributed by atoms with van der Waals surface area (Å²) in [6.45, 7) is 1.87. The van der Waals surface area contributed by atoms with Gasteiger partial charge >= 0.3 is 0 Å². The summed E-state index contributed by atoms with van der Waals surface area (Å²) >= 11 is 6.37. The van der Waals surface area contributed by atoms with Crippen LogP contribution >= 0.6 is 11.6 Å². The molecule has 2 N–H and O–H groups in total. The van der Waals surface area contributed by atoms with Crippen LogP contribution in [0.15, 0.2) is 83.8 Å². The minimum atomic E-state index is -3.93. The molecule has 1 aromatic heterocycles. The molecular weight excluding hydrogens is 477 g/mol. The molecule has 0 fully saturated rings. The Hall–Kier alpha value is -3.69. The normalized spacial score (nSPS) is 15.3. The van der Waals surface area contributed by atoms with E-state index in [0.717, 1.165) is 11.1 Å². The number of aryl methyl sites for hydroxylation is 1. The van der Waals surface area contributed by atoms with Crippen LogP contribution in [0.5, 0.6) is 0 Å². The fourth-order valence-electron chi connectivity index (χ4n) is 3.72. The first kappa shape index (κ1) is 22.1. The van der Waals surface area contributed by atoms with Gasteiger partial charge in [-0.25, -0.2) is 22.2 Å². The standard InChI is InChI=1S/C24H19ClFN5O2S/c1-15-10-12-17(13-11-15)34(32,33)30-23-28-24-27-20(16-6-3-2-4-7-16)14-21(31(24)29-23)22-18(25)8-5-9-19(22)26/h2-14,21H,1H3,(H2,27,28,29,30)/t21-/m1/s1.